The standard InChI is InChI=1S/C12H23NS/c1-10-4-7-13(11(10)2)8-12(9-14)5-3-6-12/h10-11,14H,3-9H2,1-2H3. The average Bonchev–Trinajstić information content (AvgIpc) is 2.42. The van der Waals surface area contributed by atoms with Crippen molar-refractivity contribution in [2.45, 2.75) is 45.6 Å². The van der Waals surface area contributed by atoms with Gasteiger partial charge in [-0.2, -0.15) is 12.6 Å². The Morgan fingerprint density at radius 3 is 2.43 bits per heavy atom. The number of rotatable bonds is 3. The molecule has 0 bridgehead atoms. The van der Waals surface area contributed by atoms with E-state index in [9.17, 15) is 0 Å². The zero-order chi connectivity index (χ0) is 10.2. The van der Waals surface area contributed by atoms with E-state index in [1.54, 1.807) is 0 Å². The molecule has 1 saturated carbocycles. The Morgan fingerprint density at radius 1 is 1.36 bits per heavy atom. The summed E-state index contributed by atoms with van der Waals surface area (Å²) < 4.78 is 0. The van der Waals surface area contributed by atoms with Crippen LogP contribution in [0.15, 0.2) is 0 Å². The molecule has 0 amide bonds. The molecule has 0 N–H and O–H groups in total. The van der Waals surface area contributed by atoms with E-state index < -0.39 is 0 Å². The van der Waals surface area contributed by atoms with Gasteiger partial charge in [-0.1, -0.05) is 13.3 Å². The van der Waals surface area contributed by atoms with Crippen LogP contribution in [0.2, 0.25) is 0 Å². The lowest BCUT2D eigenvalue weighted by Crippen LogP contribution is -2.45. The van der Waals surface area contributed by atoms with E-state index in [4.69, 9.17) is 0 Å². The summed E-state index contributed by atoms with van der Waals surface area (Å²) in [5.41, 5.74) is 0.585. The fourth-order valence-electron chi connectivity index (χ4n) is 2.87. The van der Waals surface area contributed by atoms with Gasteiger partial charge in [0.25, 0.3) is 0 Å². The third-order valence-corrected chi connectivity index (χ3v) is 5.23. The lowest BCUT2D eigenvalue weighted by molar-refractivity contribution is 0.0826. The van der Waals surface area contributed by atoms with Crippen LogP contribution < -0.4 is 0 Å². The molecule has 14 heavy (non-hydrogen) atoms. The van der Waals surface area contributed by atoms with Crippen molar-refractivity contribution in [2.75, 3.05) is 18.8 Å². The molecular weight excluding hydrogens is 190 g/mol. The summed E-state index contributed by atoms with van der Waals surface area (Å²) in [7, 11) is 0. The highest BCUT2D eigenvalue weighted by Crippen LogP contribution is 2.43. The molecule has 2 rings (SSSR count). The van der Waals surface area contributed by atoms with E-state index in [-0.39, 0.29) is 0 Å². The molecule has 2 aliphatic rings. The first kappa shape index (κ1) is 10.8. The number of hydrogen-bond donors (Lipinski definition) is 1. The SMILES string of the molecule is CC1CCN(CC2(CS)CCC2)C1C. The van der Waals surface area contributed by atoms with Crippen molar-refractivity contribution in [1.82, 2.24) is 4.90 Å². The lowest BCUT2D eigenvalue weighted by atomic mass is 9.70. The quantitative estimate of drug-likeness (QED) is 0.706. The minimum atomic E-state index is 0.585. The molecule has 1 nitrogen and oxygen atoms in total. The first-order valence-corrected chi connectivity index (χ1v) is 6.65. The highest BCUT2D eigenvalue weighted by molar-refractivity contribution is 7.80. The maximum atomic E-state index is 4.53. The summed E-state index contributed by atoms with van der Waals surface area (Å²) in [4.78, 5) is 2.69. The minimum Gasteiger partial charge on any atom is -0.300 e. The predicted molar refractivity (Wildman–Crippen MR) is 65.0 cm³/mol. The van der Waals surface area contributed by atoms with Crippen molar-refractivity contribution in [3.05, 3.63) is 0 Å². The zero-order valence-corrected chi connectivity index (χ0v) is 10.4. The molecule has 1 aliphatic carbocycles. The van der Waals surface area contributed by atoms with Crippen LogP contribution in [0.25, 0.3) is 0 Å². The van der Waals surface area contributed by atoms with E-state index >= 15 is 0 Å². The van der Waals surface area contributed by atoms with Gasteiger partial charge in [-0.15, -0.1) is 0 Å². The second-order valence-electron chi connectivity index (χ2n) is 5.49. The van der Waals surface area contributed by atoms with Crippen LogP contribution >= 0.6 is 12.6 Å². The number of thiol groups is 1. The molecule has 2 heteroatoms. The summed E-state index contributed by atoms with van der Waals surface area (Å²) >= 11 is 4.53. The summed E-state index contributed by atoms with van der Waals surface area (Å²) in [6.45, 7) is 7.40. The molecular formula is C12H23NS. The van der Waals surface area contributed by atoms with Crippen LogP contribution in [0.5, 0.6) is 0 Å². The maximum Gasteiger partial charge on any atom is 0.00932 e. The second kappa shape index (κ2) is 4.05. The fraction of sp³-hybridized carbons (Fsp3) is 1.00. The Morgan fingerprint density at radius 2 is 2.07 bits per heavy atom. The first-order chi connectivity index (χ1) is 6.67. The van der Waals surface area contributed by atoms with Crippen molar-refractivity contribution in [3.8, 4) is 0 Å². The zero-order valence-electron chi connectivity index (χ0n) is 9.50. The molecule has 0 aromatic heterocycles. The van der Waals surface area contributed by atoms with Crippen LogP contribution in [-0.2, 0) is 0 Å². The second-order valence-corrected chi connectivity index (χ2v) is 5.80. The minimum absolute atomic E-state index is 0.585. The Hall–Kier alpha value is 0.310. The van der Waals surface area contributed by atoms with Gasteiger partial charge in [0.2, 0.25) is 0 Å². The van der Waals surface area contributed by atoms with E-state index in [1.807, 2.05) is 0 Å². The molecule has 0 radical (unpaired) electrons. The van der Waals surface area contributed by atoms with E-state index in [2.05, 4.69) is 31.4 Å². The van der Waals surface area contributed by atoms with Crippen molar-refractivity contribution < 1.29 is 0 Å². The topological polar surface area (TPSA) is 3.24 Å². The highest BCUT2D eigenvalue weighted by atomic mass is 32.1. The Bertz CT molecular complexity index is 195. The van der Waals surface area contributed by atoms with Crippen LogP contribution in [0.4, 0.5) is 0 Å². The van der Waals surface area contributed by atoms with Gasteiger partial charge in [0.05, 0.1) is 0 Å². The van der Waals surface area contributed by atoms with Gasteiger partial charge in [0.15, 0.2) is 0 Å². The molecule has 1 aliphatic heterocycles. The van der Waals surface area contributed by atoms with Gasteiger partial charge in [-0.05, 0) is 49.8 Å². The third kappa shape index (κ3) is 1.83. The van der Waals surface area contributed by atoms with E-state index in [0.29, 0.717) is 5.41 Å². The van der Waals surface area contributed by atoms with Gasteiger partial charge in [-0.3, -0.25) is 4.90 Å². The van der Waals surface area contributed by atoms with Crippen molar-refractivity contribution >= 4 is 12.6 Å². The molecule has 0 aromatic carbocycles. The van der Waals surface area contributed by atoms with Gasteiger partial charge in [0, 0.05) is 12.6 Å². The highest BCUT2D eigenvalue weighted by Gasteiger charge is 2.40. The summed E-state index contributed by atoms with van der Waals surface area (Å²) in [6, 6.07) is 0.798. The van der Waals surface area contributed by atoms with Gasteiger partial charge in [-0.25, -0.2) is 0 Å². The number of nitrogens with zero attached hydrogens (tertiary/aromatic N) is 1. The van der Waals surface area contributed by atoms with E-state index in [1.165, 1.54) is 38.8 Å². The van der Waals surface area contributed by atoms with Crippen LogP contribution in [0.1, 0.15) is 39.5 Å². The smallest absolute Gasteiger partial charge is 0.00932 e. The molecule has 82 valence electrons. The average molecular weight is 213 g/mol. The molecule has 2 unspecified atom stereocenters. The number of likely N-dealkylation sites (tertiary alicyclic amines) is 1. The number of hydrogen-bond acceptors (Lipinski definition) is 2. The van der Waals surface area contributed by atoms with Crippen LogP contribution in [0.3, 0.4) is 0 Å². The molecule has 1 saturated heterocycles. The Kier molecular flexibility index (Phi) is 3.13. The molecule has 0 spiro atoms. The third-order valence-electron chi connectivity index (χ3n) is 4.56. The van der Waals surface area contributed by atoms with Gasteiger partial charge < -0.3 is 0 Å². The normalized spacial score (nSPS) is 37.1. The summed E-state index contributed by atoms with van der Waals surface area (Å²) in [5, 5.41) is 0. The predicted octanol–water partition coefficient (Wildman–Crippen LogP) is 2.82. The Labute approximate surface area is 93.7 Å². The van der Waals surface area contributed by atoms with Crippen molar-refractivity contribution in [1.29, 1.82) is 0 Å². The van der Waals surface area contributed by atoms with E-state index in [0.717, 1.165) is 17.7 Å². The monoisotopic (exact) mass is 213 g/mol. The van der Waals surface area contributed by atoms with Gasteiger partial charge >= 0.3 is 0 Å². The van der Waals surface area contributed by atoms with Gasteiger partial charge in [0.1, 0.15) is 0 Å². The first-order valence-electron chi connectivity index (χ1n) is 6.02. The molecule has 2 fully saturated rings. The molecule has 1 heterocycles. The van der Waals surface area contributed by atoms with Crippen LogP contribution in [-0.4, -0.2) is 29.8 Å². The maximum absolute atomic E-state index is 4.53. The lowest BCUT2D eigenvalue weighted by Gasteiger charge is -2.44. The molecule has 0 aromatic rings. The van der Waals surface area contributed by atoms with Crippen LogP contribution in [0, 0.1) is 11.3 Å². The Balaban J connectivity index is 1.90. The summed E-state index contributed by atoms with van der Waals surface area (Å²) in [6.07, 6.45) is 5.64. The molecule has 2 atom stereocenters. The van der Waals surface area contributed by atoms with Crippen molar-refractivity contribution in [3.63, 3.8) is 0 Å². The fourth-order valence-corrected chi connectivity index (χ4v) is 3.29. The van der Waals surface area contributed by atoms with Crippen molar-refractivity contribution in [2.24, 2.45) is 11.3 Å². The largest absolute Gasteiger partial charge is 0.300 e. The summed E-state index contributed by atoms with van der Waals surface area (Å²) in [5.74, 6) is 1.98.